The molecule has 0 radical (unpaired) electrons. The number of nitrogens with two attached hydrogens (primary N) is 1. The highest BCUT2D eigenvalue weighted by molar-refractivity contribution is 9.10. The molecule has 5 heteroatoms. The molecule has 0 saturated carbocycles. The maximum atomic E-state index is 5.91. The van der Waals surface area contributed by atoms with E-state index in [9.17, 15) is 0 Å². The Morgan fingerprint density at radius 2 is 1.90 bits per heavy atom. The van der Waals surface area contributed by atoms with Gasteiger partial charge in [0, 0.05) is 16.3 Å². The van der Waals surface area contributed by atoms with Crippen molar-refractivity contribution >= 4 is 38.7 Å². The van der Waals surface area contributed by atoms with Crippen LogP contribution in [0.3, 0.4) is 0 Å². The van der Waals surface area contributed by atoms with Crippen LogP contribution in [-0.2, 0) is 0 Å². The van der Waals surface area contributed by atoms with Crippen molar-refractivity contribution in [3.05, 3.63) is 58.6 Å². The molecule has 0 aliphatic carbocycles. The quantitative estimate of drug-likeness (QED) is 0.698. The number of hydrogen-bond acceptors (Lipinski definition) is 3. The summed E-state index contributed by atoms with van der Waals surface area (Å²) in [5.41, 5.74) is 9.16. The predicted molar refractivity (Wildman–Crippen MR) is 87.9 cm³/mol. The van der Waals surface area contributed by atoms with Crippen molar-refractivity contribution in [1.29, 1.82) is 0 Å². The van der Waals surface area contributed by atoms with E-state index in [0.717, 1.165) is 20.7 Å². The molecule has 1 atom stereocenters. The molecule has 3 aromatic rings. The second kappa shape index (κ2) is 5.99. The first-order valence-corrected chi connectivity index (χ1v) is 8.00. The summed E-state index contributed by atoms with van der Waals surface area (Å²) in [4.78, 5) is 7.91. The first kappa shape index (κ1) is 13.7. The highest BCUT2D eigenvalue weighted by Gasteiger charge is 2.14. The molecule has 2 aromatic carbocycles. The minimum atomic E-state index is 0.198. The smallest absolute Gasteiger partial charge is 0.167 e. The maximum absolute atomic E-state index is 5.91. The standard InChI is InChI=1S/C15H14BrN3S/c16-11-7-5-10(6-8-11)14(9-17)20-15-18-12-3-1-2-4-13(12)19-15/h1-8,14H,9,17H2,(H,18,19). The Kier molecular flexibility index (Phi) is 4.10. The van der Waals surface area contributed by atoms with Crippen LogP contribution in [0.2, 0.25) is 0 Å². The van der Waals surface area contributed by atoms with Crippen molar-refractivity contribution in [2.45, 2.75) is 10.4 Å². The van der Waals surface area contributed by atoms with Crippen molar-refractivity contribution in [3.63, 3.8) is 0 Å². The van der Waals surface area contributed by atoms with Crippen LogP contribution in [0.1, 0.15) is 10.8 Å². The second-order valence-electron chi connectivity index (χ2n) is 4.45. The Labute approximate surface area is 130 Å². The number of nitrogens with zero attached hydrogens (tertiary/aromatic N) is 1. The number of nitrogens with one attached hydrogen (secondary N) is 1. The van der Waals surface area contributed by atoms with Crippen LogP contribution in [0.25, 0.3) is 11.0 Å². The van der Waals surface area contributed by atoms with Gasteiger partial charge >= 0.3 is 0 Å². The molecule has 3 rings (SSSR count). The zero-order valence-electron chi connectivity index (χ0n) is 10.7. The normalized spacial score (nSPS) is 12.7. The number of thioether (sulfide) groups is 1. The first-order valence-electron chi connectivity index (χ1n) is 6.33. The van der Waals surface area contributed by atoms with E-state index in [1.54, 1.807) is 11.8 Å². The molecule has 0 saturated heterocycles. The van der Waals surface area contributed by atoms with E-state index in [-0.39, 0.29) is 5.25 Å². The lowest BCUT2D eigenvalue weighted by Crippen LogP contribution is -2.09. The lowest BCUT2D eigenvalue weighted by molar-refractivity contribution is 0.928. The fraction of sp³-hybridized carbons (Fsp3) is 0.133. The third-order valence-corrected chi connectivity index (χ3v) is 4.77. The predicted octanol–water partition coefficient (Wildman–Crippen LogP) is 4.12. The van der Waals surface area contributed by atoms with Crippen LogP contribution >= 0.6 is 27.7 Å². The number of imidazole rings is 1. The molecule has 0 aliphatic heterocycles. The first-order chi connectivity index (χ1) is 9.76. The molecular weight excluding hydrogens is 334 g/mol. The molecule has 20 heavy (non-hydrogen) atoms. The Morgan fingerprint density at radius 1 is 1.15 bits per heavy atom. The van der Waals surface area contributed by atoms with Gasteiger partial charge in [-0.3, -0.25) is 0 Å². The molecule has 3 N–H and O–H groups in total. The molecule has 102 valence electrons. The number of H-pyrrole nitrogens is 1. The summed E-state index contributed by atoms with van der Waals surface area (Å²) in [6.07, 6.45) is 0. The monoisotopic (exact) mass is 347 g/mol. The maximum Gasteiger partial charge on any atom is 0.167 e. The lowest BCUT2D eigenvalue weighted by Gasteiger charge is -2.13. The van der Waals surface area contributed by atoms with E-state index in [0.29, 0.717) is 6.54 Å². The number of fused-ring (bicyclic) bond motifs is 1. The van der Waals surface area contributed by atoms with E-state index < -0.39 is 0 Å². The van der Waals surface area contributed by atoms with Crippen molar-refractivity contribution in [3.8, 4) is 0 Å². The van der Waals surface area contributed by atoms with Crippen molar-refractivity contribution in [2.75, 3.05) is 6.54 Å². The summed E-state index contributed by atoms with van der Waals surface area (Å²) in [6.45, 7) is 0.573. The molecule has 0 amide bonds. The van der Waals surface area contributed by atoms with Gasteiger partial charge in [0.2, 0.25) is 0 Å². The SMILES string of the molecule is NCC(Sc1nc2ccccc2[nH]1)c1ccc(Br)cc1. The number of aromatic amines is 1. The van der Waals surface area contributed by atoms with Gasteiger partial charge in [0.25, 0.3) is 0 Å². The molecule has 3 nitrogen and oxygen atoms in total. The van der Waals surface area contributed by atoms with Gasteiger partial charge in [-0.15, -0.1) is 0 Å². The van der Waals surface area contributed by atoms with E-state index in [4.69, 9.17) is 5.73 Å². The summed E-state index contributed by atoms with van der Waals surface area (Å²) in [7, 11) is 0. The van der Waals surface area contributed by atoms with Gasteiger partial charge in [0.1, 0.15) is 0 Å². The second-order valence-corrected chi connectivity index (χ2v) is 6.56. The van der Waals surface area contributed by atoms with E-state index in [1.165, 1.54) is 5.56 Å². The fourth-order valence-corrected chi connectivity index (χ4v) is 3.29. The van der Waals surface area contributed by atoms with Gasteiger partial charge in [-0.2, -0.15) is 0 Å². The van der Waals surface area contributed by atoms with Gasteiger partial charge in [-0.25, -0.2) is 4.98 Å². The van der Waals surface area contributed by atoms with Crippen LogP contribution in [0.4, 0.5) is 0 Å². The molecule has 1 aromatic heterocycles. The minimum Gasteiger partial charge on any atom is -0.333 e. The van der Waals surface area contributed by atoms with Gasteiger partial charge in [0.15, 0.2) is 5.16 Å². The highest BCUT2D eigenvalue weighted by Crippen LogP contribution is 2.34. The number of halogens is 1. The van der Waals surface area contributed by atoms with Gasteiger partial charge in [-0.05, 0) is 29.8 Å². The molecule has 0 spiro atoms. The Bertz CT molecular complexity index is 675. The number of rotatable bonds is 4. The van der Waals surface area contributed by atoms with Crippen LogP contribution in [-0.4, -0.2) is 16.5 Å². The average Bonchev–Trinajstić information content (AvgIpc) is 2.88. The summed E-state index contributed by atoms with van der Waals surface area (Å²) in [6, 6.07) is 16.3. The summed E-state index contributed by atoms with van der Waals surface area (Å²) in [5, 5.41) is 1.10. The van der Waals surface area contributed by atoms with Crippen molar-refractivity contribution in [1.82, 2.24) is 9.97 Å². The number of benzene rings is 2. The third kappa shape index (κ3) is 2.90. The molecule has 1 heterocycles. The van der Waals surface area contributed by atoms with Gasteiger partial charge in [-0.1, -0.05) is 52.0 Å². The Hall–Kier alpha value is -1.30. The van der Waals surface area contributed by atoms with Crippen LogP contribution in [0.5, 0.6) is 0 Å². The third-order valence-electron chi connectivity index (χ3n) is 3.08. The Balaban J connectivity index is 1.85. The molecule has 0 bridgehead atoms. The summed E-state index contributed by atoms with van der Waals surface area (Å²) < 4.78 is 1.07. The Morgan fingerprint density at radius 3 is 2.60 bits per heavy atom. The van der Waals surface area contributed by atoms with E-state index in [2.05, 4.69) is 38.0 Å². The zero-order chi connectivity index (χ0) is 13.9. The van der Waals surface area contributed by atoms with Gasteiger partial charge in [0.05, 0.1) is 11.0 Å². The topological polar surface area (TPSA) is 54.7 Å². The molecule has 1 unspecified atom stereocenters. The van der Waals surface area contributed by atoms with E-state index in [1.807, 2.05) is 36.4 Å². The van der Waals surface area contributed by atoms with Crippen molar-refractivity contribution in [2.24, 2.45) is 5.73 Å². The summed E-state index contributed by atoms with van der Waals surface area (Å²) in [5.74, 6) is 0. The lowest BCUT2D eigenvalue weighted by atomic mass is 10.1. The molecular formula is C15H14BrN3S. The number of para-hydroxylation sites is 2. The average molecular weight is 348 g/mol. The molecule has 0 aliphatic rings. The highest BCUT2D eigenvalue weighted by atomic mass is 79.9. The largest absolute Gasteiger partial charge is 0.333 e. The summed E-state index contributed by atoms with van der Waals surface area (Å²) >= 11 is 5.12. The molecule has 0 fully saturated rings. The minimum absolute atomic E-state index is 0.198. The zero-order valence-corrected chi connectivity index (χ0v) is 13.1. The van der Waals surface area contributed by atoms with Gasteiger partial charge < -0.3 is 10.7 Å². The van der Waals surface area contributed by atoms with Crippen LogP contribution in [0.15, 0.2) is 58.2 Å². The van der Waals surface area contributed by atoms with Crippen LogP contribution < -0.4 is 5.73 Å². The number of aromatic nitrogens is 2. The fourth-order valence-electron chi connectivity index (χ4n) is 2.05. The van der Waals surface area contributed by atoms with Crippen molar-refractivity contribution < 1.29 is 0 Å². The van der Waals surface area contributed by atoms with E-state index >= 15 is 0 Å². The van der Waals surface area contributed by atoms with Crippen LogP contribution in [0, 0.1) is 0 Å². The number of hydrogen-bond donors (Lipinski definition) is 2.